The number of likely N-dealkylation sites (N-methyl/N-ethyl adjacent to an activating group) is 1. The first kappa shape index (κ1) is 12.8. The van der Waals surface area contributed by atoms with Crippen molar-refractivity contribution in [3.63, 3.8) is 0 Å². The van der Waals surface area contributed by atoms with E-state index >= 15 is 0 Å². The van der Waals surface area contributed by atoms with Crippen LogP contribution in [-0.2, 0) is 0 Å². The molecule has 0 radical (unpaired) electrons. The van der Waals surface area contributed by atoms with Crippen LogP contribution < -0.4 is 10.1 Å². The topological polar surface area (TPSA) is 37.4 Å². The van der Waals surface area contributed by atoms with Gasteiger partial charge in [-0.1, -0.05) is 0 Å². The summed E-state index contributed by atoms with van der Waals surface area (Å²) in [4.78, 5) is 6.43. The summed E-state index contributed by atoms with van der Waals surface area (Å²) in [5.74, 6) is 1.63. The van der Waals surface area contributed by atoms with E-state index in [2.05, 4.69) is 36.2 Å². The number of hydrogen-bond acceptors (Lipinski definition) is 4. The molecule has 1 N–H and O–H groups in total. The molecule has 16 heavy (non-hydrogen) atoms. The standard InChI is InChI=1S/C12H21N3O/c1-5-16-11-7-6-8-13-12(11)14-10(2)9-15(3)4/h6-8,10H,5,9H2,1-4H3,(H,13,14). The molecule has 0 spiro atoms. The van der Waals surface area contributed by atoms with Gasteiger partial charge in [-0.15, -0.1) is 0 Å². The fourth-order valence-electron chi connectivity index (χ4n) is 1.60. The van der Waals surface area contributed by atoms with E-state index in [4.69, 9.17) is 4.74 Å². The maximum Gasteiger partial charge on any atom is 0.168 e. The summed E-state index contributed by atoms with van der Waals surface area (Å²) in [5, 5.41) is 3.35. The van der Waals surface area contributed by atoms with Gasteiger partial charge >= 0.3 is 0 Å². The Kier molecular flexibility index (Phi) is 5.05. The normalized spacial score (nSPS) is 12.6. The van der Waals surface area contributed by atoms with Crippen molar-refractivity contribution >= 4 is 5.82 Å². The molecule has 0 saturated carbocycles. The first-order valence-corrected chi connectivity index (χ1v) is 5.62. The van der Waals surface area contributed by atoms with Crippen LogP contribution in [0.25, 0.3) is 0 Å². The second kappa shape index (κ2) is 6.33. The number of rotatable bonds is 6. The number of hydrogen-bond donors (Lipinski definition) is 1. The molecule has 0 fully saturated rings. The number of pyridine rings is 1. The van der Waals surface area contributed by atoms with Gasteiger partial charge in [0.25, 0.3) is 0 Å². The summed E-state index contributed by atoms with van der Waals surface area (Å²) < 4.78 is 5.50. The van der Waals surface area contributed by atoms with Crippen LogP contribution >= 0.6 is 0 Å². The molecule has 0 aliphatic rings. The largest absolute Gasteiger partial charge is 0.490 e. The Balaban J connectivity index is 2.64. The molecule has 90 valence electrons. The minimum atomic E-state index is 0.337. The van der Waals surface area contributed by atoms with Crippen molar-refractivity contribution in [3.8, 4) is 5.75 Å². The summed E-state index contributed by atoms with van der Waals surface area (Å²) in [7, 11) is 4.11. The van der Waals surface area contributed by atoms with E-state index in [0.29, 0.717) is 12.6 Å². The van der Waals surface area contributed by atoms with Crippen molar-refractivity contribution in [2.75, 3.05) is 32.6 Å². The molecule has 0 aromatic carbocycles. The highest BCUT2D eigenvalue weighted by Gasteiger charge is 2.08. The lowest BCUT2D eigenvalue weighted by atomic mass is 10.3. The molecule has 1 unspecified atom stereocenters. The minimum Gasteiger partial charge on any atom is -0.490 e. The van der Waals surface area contributed by atoms with E-state index in [1.807, 2.05) is 19.1 Å². The van der Waals surface area contributed by atoms with Crippen molar-refractivity contribution in [1.82, 2.24) is 9.88 Å². The second-order valence-corrected chi connectivity index (χ2v) is 4.09. The molecule has 1 atom stereocenters. The van der Waals surface area contributed by atoms with E-state index in [9.17, 15) is 0 Å². The maximum absolute atomic E-state index is 5.50. The van der Waals surface area contributed by atoms with E-state index in [0.717, 1.165) is 18.1 Å². The number of aromatic nitrogens is 1. The molecular weight excluding hydrogens is 202 g/mol. The van der Waals surface area contributed by atoms with E-state index in [1.54, 1.807) is 6.20 Å². The van der Waals surface area contributed by atoms with Crippen molar-refractivity contribution < 1.29 is 4.74 Å². The number of ether oxygens (including phenoxy) is 1. The van der Waals surface area contributed by atoms with Crippen LogP contribution in [0.3, 0.4) is 0 Å². The summed E-state index contributed by atoms with van der Waals surface area (Å²) in [5.41, 5.74) is 0. The highest BCUT2D eigenvalue weighted by atomic mass is 16.5. The Labute approximate surface area is 97.6 Å². The monoisotopic (exact) mass is 223 g/mol. The average Bonchev–Trinajstić information content (AvgIpc) is 2.20. The first-order valence-electron chi connectivity index (χ1n) is 5.62. The summed E-state index contributed by atoms with van der Waals surface area (Å²) in [6.45, 7) is 5.72. The van der Waals surface area contributed by atoms with E-state index in [-0.39, 0.29) is 0 Å². The van der Waals surface area contributed by atoms with Gasteiger partial charge in [0, 0.05) is 18.8 Å². The summed E-state index contributed by atoms with van der Waals surface area (Å²) in [6.07, 6.45) is 1.77. The first-order chi connectivity index (χ1) is 7.63. The van der Waals surface area contributed by atoms with Gasteiger partial charge in [0.05, 0.1) is 6.61 Å². The molecule has 4 nitrogen and oxygen atoms in total. The van der Waals surface area contributed by atoms with Gasteiger partial charge in [-0.2, -0.15) is 0 Å². The average molecular weight is 223 g/mol. The van der Waals surface area contributed by atoms with Crippen molar-refractivity contribution in [2.24, 2.45) is 0 Å². The molecule has 4 heteroatoms. The molecule has 0 aliphatic heterocycles. The molecule has 0 aliphatic carbocycles. The molecular formula is C12H21N3O. The molecule has 0 saturated heterocycles. The zero-order chi connectivity index (χ0) is 12.0. The predicted molar refractivity (Wildman–Crippen MR) is 67.0 cm³/mol. The third-order valence-electron chi connectivity index (χ3n) is 2.09. The van der Waals surface area contributed by atoms with Crippen LogP contribution in [0, 0.1) is 0 Å². The molecule has 1 aromatic rings. The van der Waals surface area contributed by atoms with Gasteiger partial charge in [-0.05, 0) is 40.1 Å². The lowest BCUT2D eigenvalue weighted by Gasteiger charge is -2.20. The lowest BCUT2D eigenvalue weighted by molar-refractivity contribution is 0.339. The van der Waals surface area contributed by atoms with Crippen LogP contribution in [0.2, 0.25) is 0 Å². The maximum atomic E-state index is 5.50. The molecule has 1 rings (SSSR count). The Morgan fingerprint density at radius 1 is 1.50 bits per heavy atom. The van der Waals surface area contributed by atoms with Crippen LogP contribution in [0.1, 0.15) is 13.8 Å². The van der Waals surface area contributed by atoms with Gasteiger partial charge in [0.1, 0.15) is 0 Å². The molecule has 1 aromatic heterocycles. The Morgan fingerprint density at radius 2 is 2.25 bits per heavy atom. The minimum absolute atomic E-state index is 0.337. The molecule has 1 heterocycles. The number of anilines is 1. The lowest BCUT2D eigenvalue weighted by Crippen LogP contribution is -2.30. The van der Waals surface area contributed by atoms with Gasteiger partial charge < -0.3 is 15.0 Å². The van der Waals surface area contributed by atoms with Crippen LogP contribution in [0.4, 0.5) is 5.82 Å². The third-order valence-corrected chi connectivity index (χ3v) is 2.09. The third kappa shape index (κ3) is 4.06. The molecule has 0 bridgehead atoms. The number of nitrogens with one attached hydrogen (secondary N) is 1. The summed E-state index contributed by atoms with van der Waals surface area (Å²) in [6, 6.07) is 4.15. The van der Waals surface area contributed by atoms with Crippen LogP contribution in [0.5, 0.6) is 5.75 Å². The van der Waals surface area contributed by atoms with E-state index in [1.165, 1.54) is 0 Å². The SMILES string of the molecule is CCOc1cccnc1NC(C)CN(C)C. The highest BCUT2D eigenvalue weighted by Crippen LogP contribution is 2.21. The van der Waals surface area contributed by atoms with Crippen LogP contribution in [-0.4, -0.2) is 43.2 Å². The second-order valence-electron chi connectivity index (χ2n) is 4.09. The Hall–Kier alpha value is -1.29. The van der Waals surface area contributed by atoms with Crippen LogP contribution in [0.15, 0.2) is 18.3 Å². The Bertz CT molecular complexity index is 315. The highest BCUT2D eigenvalue weighted by molar-refractivity contribution is 5.50. The van der Waals surface area contributed by atoms with Crippen molar-refractivity contribution in [2.45, 2.75) is 19.9 Å². The van der Waals surface area contributed by atoms with Gasteiger partial charge in [0.15, 0.2) is 11.6 Å². The quantitative estimate of drug-likeness (QED) is 0.798. The van der Waals surface area contributed by atoms with Gasteiger partial charge in [0.2, 0.25) is 0 Å². The van der Waals surface area contributed by atoms with E-state index < -0.39 is 0 Å². The van der Waals surface area contributed by atoms with Crippen molar-refractivity contribution in [1.29, 1.82) is 0 Å². The predicted octanol–water partition coefficient (Wildman–Crippen LogP) is 1.84. The zero-order valence-corrected chi connectivity index (χ0v) is 10.5. The Morgan fingerprint density at radius 3 is 2.88 bits per heavy atom. The van der Waals surface area contributed by atoms with Gasteiger partial charge in [-0.3, -0.25) is 0 Å². The smallest absolute Gasteiger partial charge is 0.168 e. The zero-order valence-electron chi connectivity index (χ0n) is 10.5. The summed E-state index contributed by atoms with van der Waals surface area (Å²) >= 11 is 0. The van der Waals surface area contributed by atoms with Crippen molar-refractivity contribution in [3.05, 3.63) is 18.3 Å². The van der Waals surface area contributed by atoms with Gasteiger partial charge in [-0.25, -0.2) is 4.98 Å². The number of nitrogens with zero attached hydrogens (tertiary/aromatic N) is 2. The fourth-order valence-corrected chi connectivity index (χ4v) is 1.60. The molecule has 0 amide bonds. The fraction of sp³-hybridized carbons (Fsp3) is 0.583.